The number of amides is 1. The molecule has 5 atom stereocenters. The van der Waals surface area contributed by atoms with Crippen LogP contribution in [0.4, 0.5) is 0 Å². The van der Waals surface area contributed by atoms with E-state index >= 15 is 0 Å². The predicted octanol–water partition coefficient (Wildman–Crippen LogP) is 4.78. The van der Waals surface area contributed by atoms with Gasteiger partial charge in [0.05, 0.1) is 5.41 Å². The molecule has 1 saturated heterocycles. The van der Waals surface area contributed by atoms with E-state index in [0.717, 1.165) is 31.3 Å². The average Bonchev–Trinajstić information content (AvgIpc) is 2.61. The third kappa shape index (κ3) is 2.47. The van der Waals surface area contributed by atoms with Crippen molar-refractivity contribution in [2.45, 2.75) is 63.7 Å². The first kappa shape index (κ1) is 15.9. The molecule has 0 radical (unpaired) electrons. The largest absolute Gasteiger partial charge is 0.342 e. The molecule has 5 fully saturated rings. The zero-order chi connectivity index (χ0) is 17.1. The molecule has 25 heavy (non-hydrogen) atoms. The Morgan fingerprint density at radius 3 is 2.48 bits per heavy atom. The Hall–Kier alpha value is -1.31. The maximum Gasteiger partial charge on any atom is 0.228 e. The summed E-state index contributed by atoms with van der Waals surface area (Å²) >= 11 is 0. The highest BCUT2D eigenvalue weighted by atomic mass is 16.2. The van der Waals surface area contributed by atoms with E-state index in [4.69, 9.17) is 0 Å². The third-order valence-electron chi connectivity index (χ3n) is 7.85. The number of benzene rings is 1. The van der Waals surface area contributed by atoms with Gasteiger partial charge in [0, 0.05) is 13.1 Å². The Kier molecular flexibility index (Phi) is 3.56. The van der Waals surface area contributed by atoms with E-state index in [9.17, 15) is 4.79 Å². The molecule has 1 aliphatic heterocycles. The van der Waals surface area contributed by atoms with Crippen molar-refractivity contribution in [2.75, 3.05) is 13.1 Å². The van der Waals surface area contributed by atoms with Crippen LogP contribution in [0, 0.1) is 23.2 Å². The van der Waals surface area contributed by atoms with E-state index in [0.29, 0.717) is 11.8 Å². The molecule has 4 saturated carbocycles. The van der Waals surface area contributed by atoms with Crippen molar-refractivity contribution < 1.29 is 4.79 Å². The van der Waals surface area contributed by atoms with Crippen molar-refractivity contribution in [3.05, 3.63) is 35.9 Å². The highest BCUT2D eigenvalue weighted by Gasteiger charge is 2.61. The van der Waals surface area contributed by atoms with E-state index in [1.807, 2.05) is 0 Å². The predicted molar refractivity (Wildman–Crippen MR) is 100 cm³/mol. The van der Waals surface area contributed by atoms with Gasteiger partial charge >= 0.3 is 0 Å². The molecule has 0 aromatic heterocycles. The number of piperidine rings is 1. The summed E-state index contributed by atoms with van der Waals surface area (Å²) in [5.41, 5.74) is 1.74. The average molecular weight is 338 g/mol. The maximum absolute atomic E-state index is 13.7. The zero-order valence-corrected chi connectivity index (χ0v) is 15.5. The molecular formula is C23H31NO. The van der Waals surface area contributed by atoms with Gasteiger partial charge in [0.1, 0.15) is 0 Å². The molecule has 1 aromatic carbocycles. The number of carbonyl (C=O) groups is 1. The van der Waals surface area contributed by atoms with Crippen LogP contribution in [-0.2, 0) is 10.2 Å². The molecule has 1 aromatic rings. The second-order valence-electron chi connectivity index (χ2n) is 9.89. The standard InChI is InChI=1S/C23H31NO/c1-17-6-5-9-24(15-17)21(25)23-13-18-10-19(14-23)12-22(11-18,16-23)20-7-3-2-4-8-20/h2-4,7-8,17-19H,5-6,9-16H2,1H3/t17-,18-,19+,22?,23?/m1/s1. The molecule has 0 N–H and O–H groups in total. The molecule has 6 rings (SSSR count). The lowest BCUT2D eigenvalue weighted by atomic mass is 9.42. The molecule has 134 valence electrons. The Morgan fingerprint density at radius 2 is 1.80 bits per heavy atom. The first-order valence-electron chi connectivity index (χ1n) is 10.4. The summed E-state index contributed by atoms with van der Waals surface area (Å²) in [5.74, 6) is 2.74. The smallest absolute Gasteiger partial charge is 0.228 e. The summed E-state index contributed by atoms with van der Waals surface area (Å²) in [5, 5.41) is 0. The lowest BCUT2D eigenvalue weighted by molar-refractivity contribution is -0.162. The van der Waals surface area contributed by atoms with E-state index in [-0.39, 0.29) is 10.8 Å². The van der Waals surface area contributed by atoms with Crippen LogP contribution < -0.4 is 0 Å². The summed E-state index contributed by atoms with van der Waals surface area (Å²) in [4.78, 5) is 15.9. The second kappa shape index (κ2) is 5.59. The number of likely N-dealkylation sites (tertiary alicyclic amines) is 1. The van der Waals surface area contributed by atoms with Gasteiger partial charge in [-0.3, -0.25) is 4.79 Å². The summed E-state index contributed by atoms with van der Waals surface area (Å²) in [6, 6.07) is 11.2. The fourth-order valence-electron chi connectivity index (χ4n) is 7.35. The Labute approximate surface area is 152 Å². The summed E-state index contributed by atoms with van der Waals surface area (Å²) in [7, 11) is 0. The van der Waals surface area contributed by atoms with Crippen molar-refractivity contribution >= 4 is 5.91 Å². The summed E-state index contributed by atoms with van der Waals surface area (Å²) in [6.07, 6.45) is 9.94. The van der Waals surface area contributed by atoms with Crippen LogP contribution >= 0.6 is 0 Å². The van der Waals surface area contributed by atoms with Crippen LogP contribution in [0.25, 0.3) is 0 Å². The van der Waals surface area contributed by atoms with Gasteiger partial charge in [0.2, 0.25) is 5.91 Å². The Balaban J connectivity index is 1.49. The maximum atomic E-state index is 13.7. The van der Waals surface area contributed by atoms with Crippen molar-refractivity contribution in [2.24, 2.45) is 23.2 Å². The number of hydrogen-bond acceptors (Lipinski definition) is 1. The van der Waals surface area contributed by atoms with Gasteiger partial charge in [-0.2, -0.15) is 0 Å². The first-order chi connectivity index (χ1) is 12.1. The SMILES string of the molecule is C[C@@H]1CCCN(C(=O)C23C[C@H]4C[C@@H](C2)CC(c2ccccc2)(C4)C3)C1. The first-order valence-corrected chi connectivity index (χ1v) is 10.4. The third-order valence-corrected chi connectivity index (χ3v) is 7.85. The molecule has 2 nitrogen and oxygen atoms in total. The molecular weight excluding hydrogens is 306 g/mol. The number of carbonyl (C=O) groups excluding carboxylic acids is 1. The second-order valence-corrected chi connectivity index (χ2v) is 9.89. The normalized spacial score (nSPS) is 42.6. The van der Waals surface area contributed by atoms with Gasteiger partial charge in [-0.25, -0.2) is 0 Å². The van der Waals surface area contributed by atoms with Crippen LogP contribution in [0.15, 0.2) is 30.3 Å². The van der Waals surface area contributed by atoms with Gasteiger partial charge in [-0.05, 0) is 80.1 Å². The lowest BCUT2D eigenvalue weighted by Gasteiger charge is -2.62. The molecule has 2 unspecified atom stereocenters. The molecule has 4 aliphatic carbocycles. The van der Waals surface area contributed by atoms with Crippen LogP contribution in [0.5, 0.6) is 0 Å². The monoisotopic (exact) mass is 337 g/mol. The molecule has 4 bridgehead atoms. The molecule has 1 amide bonds. The minimum atomic E-state index is -0.0447. The Morgan fingerprint density at radius 1 is 1.08 bits per heavy atom. The molecule has 5 aliphatic rings. The van der Waals surface area contributed by atoms with Crippen molar-refractivity contribution in [1.29, 1.82) is 0 Å². The topological polar surface area (TPSA) is 20.3 Å². The van der Waals surface area contributed by atoms with Crippen LogP contribution in [-0.4, -0.2) is 23.9 Å². The fourth-order valence-corrected chi connectivity index (χ4v) is 7.35. The molecule has 1 heterocycles. The lowest BCUT2D eigenvalue weighted by Crippen LogP contribution is -2.60. The number of hydrogen-bond donors (Lipinski definition) is 0. The van der Waals surface area contributed by atoms with Crippen molar-refractivity contribution in [1.82, 2.24) is 4.90 Å². The van der Waals surface area contributed by atoms with Gasteiger partial charge in [-0.1, -0.05) is 37.3 Å². The minimum Gasteiger partial charge on any atom is -0.342 e. The highest BCUT2D eigenvalue weighted by molar-refractivity contribution is 5.83. The number of nitrogens with zero attached hydrogens (tertiary/aromatic N) is 1. The van der Waals surface area contributed by atoms with Gasteiger partial charge in [0.25, 0.3) is 0 Å². The Bertz CT molecular complexity index is 652. The summed E-state index contributed by atoms with van der Waals surface area (Å²) in [6.45, 7) is 4.30. The van der Waals surface area contributed by atoms with E-state index in [2.05, 4.69) is 42.2 Å². The van der Waals surface area contributed by atoms with Crippen molar-refractivity contribution in [3.63, 3.8) is 0 Å². The van der Waals surface area contributed by atoms with Crippen LogP contribution in [0.2, 0.25) is 0 Å². The fraction of sp³-hybridized carbons (Fsp3) is 0.696. The molecule has 0 spiro atoms. The van der Waals surface area contributed by atoms with E-state index in [1.165, 1.54) is 50.5 Å². The quantitative estimate of drug-likeness (QED) is 0.760. The van der Waals surface area contributed by atoms with E-state index in [1.54, 1.807) is 0 Å². The van der Waals surface area contributed by atoms with Gasteiger partial charge in [-0.15, -0.1) is 0 Å². The highest BCUT2D eigenvalue weighted by Crippen LogP contribution is 2.66. The van der Waals surface area contributed by atoms with Crippen LogP contribution in [0.3, 0.4) is 0 Å². The van der Waals surface area contributed by atoms with Crippen LogP contribution in [0.1, 0.15) is 63.9 Å². The van der Waals surface area contributed by atoms with Gasteiger partial charge < -0.3 is 4.90 Å². The number of rotatable bonds is 2. The molecule has 2 heteroatoms. The minimum absolute atomic E-state index is 0.0447. The zero-order valence-electron chi connectivity index (χ0n) is 15.5. The van der Waals surface area contributed by atoms with Gasteiger partial charge in [0.15, 0.2) is 0 Å². The van der Waals surface area contributed by atoms with E-state index < -0.39 is 0 Å². The summed E-state index contributed by atoms with van der Waals surface area (Å²) < 4.78 is 0. The van der Waals surface area contributed by atoms with Crippen molar-refractivity contribution in [3.8, 4) is 0 Å².